The summed E-state index contributed by atoms with van der Waals surface area (Å²) in [6, 6.07) is 13.7. The molecule has 2 fully saturated rings. The molecule has 2 amide bonds. The van der Waals surface area contributed by atoms with Crippen LogP contribution in [0.2, 0.25) is 0 Å². The second-order valence-corrected chi connectivity index (χ2v) is 14.8. The largest absolute Gasteiger partial charge is 0.457 e. The average Bonchev–Trinajstić information content (AvgIpc) is 3.21. The van der Waals surface area contributed by atoms with Crippen molar-refractivity contribution in [3.63, 3.8) is 0 Å². The number of hydrogen-bond acceptors (Lipinski definition) is 9. The molecule has 4 atom stereocenters. The van der Waals surface area contributed by atoms with E-state index in [0.29, 0.717) is 4.47 Å². The Morgan fingerprint density at radius 3 is 2.11 bits per heavy atom. The third-order valence-corrected chi connectivity index (χ3v) is 10.9. The van der Waals surface area contributed by atoms with Gasteiger partial charge >= 0.3 is 5.97 Å². The molecular weight excluding hydrogens is 674 g/mol. The third-order valence-electron chi connectivity index (χ3n) is 7.75. The maximum absolute atomic E-state index is 13.3. The number of amides is 2. The zero-order valence-corrected chi connectivity index (χ0v) is 28.9. The van der Waals surface area contributed by atoms with Gasteiger partial charge in [-0.15, -0.1) is 11.8 Å². The summed E-state index contributed by atoms with van der Waals surface area (Å²) >= 11 is 4.45. The van der Waals surface area contributed by atoms with Gasteiger partial charge in [-0.2, -0.15) is 8.42 Å². The number of nitrogens with one attached hydrogen (secondary N) is 1. The summed E-state index contributed by atoms with van der Waals surface area (Å²) in [4.78, 5) is 43.2. The van der Waals surface area contributed by atoms with Crippen molar-refractivity contribution in [1.29, 1.82) is 0 Å². The Morgan fingerprint density at radius 1 is 1.07 bits per heavy atom. The first-order chi connectivity index (χ1) is 20.7. The SMILES string of the molecule is CCN(CC)CC.CO[C@@]1(C(=O)OCc2ccccc2)N2C(=O)[C@H](NC(=O)[C@@H](c3ccc(Br)cc3)S(=O)(=O)O)[C@H]2SC1(C)C. The Morgan fingerprint density at radius 2 is 1.64 bits per heavy atom. The number of β-lactam (4-membered cyclic amide) rings is 1. The number of benzene rings is 2. The van der Waals surface area contributed by atoms with Crippen molar-refractivity contribution in [1.82, 2.24) is 15.1 Å². The number of carbonyl (C=O) groups is 3. The quantitative estimate of drug-likeness (QED) is 0.199. The highest BCUT2D eigenvalue weighted by Crippen LogP contribution is 2.57. The first kappa shape index (κ1) is 36.0. The van der Waals surface area contributed by atoms with Crippen molar-refractivity contribution in [2.24, 2.45) is 0 Å². The van der Waals surface area contributed by atoms with Crippen LogP contribution in [0.5, 0.6) is 0 Å². The van der Waals surface area contributed by atoms with Crippen LogP contribution < -0.4 is 5.32 Å². The van der Waals surface area contributed by atoms with E-state index in [1.165, 1.54) is 67.7 Å². The van der Waals surface area contributed by atoms with Gasteiger partial charge in [0.25, 0.3) is 21.8 Å². The summed E-state index contributed by atoms with van der Waals surface area (Å²) < 4.78 is 44.8. The standard InChI is InChI=1S/C24H25BrN2O8S2.C6H15N/c1-23(2)24(34-3,22(30)35-13-14-7-5-4-6-8-14)27-20(29)17(21(27)36-23)26-19(28)18(37(31,32)33)15-9-11-16(25)12-10-15;1-4-7(5-2)6-3/h4-12,17-18,21H,13H2,1-3H3,(H,26,28)(H,31,32,33);4-6H2,1-3H3/t17-,18+,21+,24+;/m0./s1. The highest BCUT2D eigenvalue weighted by Gasteiger charge is 2.74. The van der Waals surface area contributed by atoms with Gasteiger partial charge in [-0.25, -0.2) is 4.79 Å². The van der Waals surface area contributed by atoms with Crippen molar-refractivity contribution in [3.05, 3.63) is 70.2 Å². The fraction of sp³-hybridized carbons (Fsp3) is 0.500. The maximum Gasteiger partial charge on any atom is 0.361 e. The van der Waals surface area contributed by atoms with E-state index in [2.05, 4.69) is 46.9 Å². The molecule has 2 heterocycles. The van der Waals surface area contributed by atoms with Gasteiger partial charge in [0.1, 0.15) is 18.0 Å². The minimum absolute atomic E-state index is 0.0262. The summed E-state index contributed by atoms with van der Waals surface area (Å²) in [5, 5.41) is -0.229. The molecule has 0 saturated carbocycles. The van der Waals surface area contributed by atoms with Crippen molar-refractivity contribution < 1.29 is 36.8 Å². The molecule has 0 spiro atoms. The lowest BCUT2D eigenvalue weighted by molar-refractivity contribution is -0.216. The topological polar surface area (TPSA) is 143 Å². The Bertz CT molecular complexity index is 1420. The van der Waals surface area contributed by atoms with E-state index in [4.69, 9.17) is 9.47 Å². The average molecular weight is 715 g/mol. The van der Waals surface area contributed by atoms with Gasteiger partial charge in [-0.05, 0) is 56.7 Å². The minimum Gasteiger partial charge on any atom is -0.457 e. The lowest BCUT2D eigenvalue weighted by atomic mass is 9.91. The molecule has 0 radical (unpaired) electrons. The summed E-state index contributed by atoms with van der Waals surface area (Å²) in [7, 11) is -3.55. The zero-order chi connectivity index (χ0) is 32.9. The number of rotatable bonds is 11. The molecule has 2 aromatic rings. The molecule has 0 aliphatic carbocycles. The molecule has 0 aromatic heterocycles. The van der Waals surface area contributed by atoms with Crippen molar-refractivity contribution >= 4 is 55.6 Å². The monoisotopic (exact) mass is 713 g/mol. The summed E-state index contributed by atoms with van der Waals surface area (Å²) in [5.41, 5.74) is -0.989. The van der Waals surface area contributed by atoms with Crippen LogP contribution >= 0.6 is 27.7 Å². The number of nitrogens with zero attached hydrogens (tertiary/aromatic N) is 2. The summed E-state index contributed by atoms with van der Waals surface area (Å²) in [6.45, 7) is 13.5. The number of esters is 1. The number of methoxy groups -OCH3 is 1. The molecule has 0 bridgehead atoms. The van der Waals surface area contributed by atoms with Gasteiger partial charge in [0, 0.05) is 11.6 Å². The van der Waals surface area contributed by atoms with Crippen molar-refractivity contribution in [2.75, 3.05) is 26.7 Å². The number of hydrogen-bond donors (Lipinski definition) is 2. The Kier molecular flexibility index (Phi) is 12.1. The van der Waals surface area contributed by atoms with Crippen LogP contribution in [-0.4, -0.2) is 89.2 Å². The van der Waals surface area contributed by atoms with Crippen molar-refractivity contribution in [3.8, 4) is 0 Å². The highest BCUT2D eigenvalue weighted by atomic mass is 79.9. The van der Waals surface area contributed by atoms with Crippen molar-refractivity contribution in [2.45, 2.75) is 68.4 Å². The molecule has 2 aliphatic rings. The minimum atomic E-state index is -4.85. The fourth-order valence-electron chi connectivity index (χ4n) is 5.31. The number of fused-ring (bicyclic) bond motifs is 1. The predicted octanol–water partition coefficient (Wildman–Crippen LogP) is 3.99. The normalized spacial score (nSPS) is 22.8. The van der Waals surface area contributed by atoms with E-state index in [0.717, 1.165) is 5.56 Å². The van der Waals surface area contributed by atoms with Crippen LogP contribution in [0, 0.1) is 0 Å². The van der Waals surface area contributed by atoms with Crippen LogP contribution in [0.25, 0.3) is 0 Å². The van der Waals surface area contributed by atoms with E-state index < -0.39 is 55.0 Å². The molecule has 4 rings (SSSR count). The van der Waals surface area contributed by atoms with Gasteiger partial charge in [-0.1, -0.05) is 79.2 Å². The molecule has 2 aromatic carbocycles. The van der Waals surface area contributed by atoms with Crippen LogP contribution in [0.4, 0.5) is 0 Å². The molecule has 2 aliphatic heterocycles. The van der Waals surface area contributed by atoms with Gasteiger partial charge in [0.05, 0.1) is 4.75 Å². The Balaban J connectivity index is 0.000000676. The van der Waals surface area contributed by atoms with E-state index in [-0.39, 0.29) is 12.2 Å². The third kappa shape index (κ3) is 7.31. The second-order valence-electron chi connectivity index (χ2n) is 10.7. The Labute approximate surface area is 271 Å². The molecule has 0 unspecified atom stereocenters. The lowest BCUT2D eigenvalue weighted by Gasteiger charge is -2.49. The summed E-state index contributed by atoms with van der Waals surface area (Å²) in [6.07, 6.45) is 0. The van der Waals surface area contributed by atoms with Crippen LogP contribution in [0.15, 0.2) is 59.1 Å². The van der Waals surface area contributed by atoms with Crippen LogP contribution in [0.3, 0.4) is 0 Å². The van der Waals surface area contributed by atoms with Gasteiger partial charge in [0.15, 0.2) is 5.25 Å². The van der Waals surface area contributed by atoms with Gasteiger partial charge < -0.3 is 19.7 Å². The molecule has 14 heteroatoms. The zero-order valence-electron chi connectivity index (χ0n) is 25.7. The van der Waals surface area contributed by atoms with Crippen LogP contribution in [0.1, 0.15) is 51.0 Å². The van der Waals surface area contributed by atoms with E-state index in [1.54, 1.807) is 38.1 Å². The van der Waals surface area contributed by atoms with Crippen LogP contribution in [-0.2, 0) is 40.6 Å². The molecule has 2 N–H and O–H groups in total. The Hall–Kier alpha value is -2.49. The maximum atomic E-state index is 13.3. The van der Waals surface area contributed by atoms with E-state index >= 15 is 0 Å². The smallest absolute Gasteiger partial charge is 0.361 e. The van der Waals surface area contributed by atoms with E-state index in [9.17, 15) is 27.4 Å². The number of thioether (sulfide) groups is 1. The van der Waals surface area contributed by atoms with Gasteiger partial charge in [0.2, 0.25) is 5.91 Å². The number of carbonyl (C=O) groups excluding carboxylic acids is 3. The number of halogens is 1. The van der Waals surface area contributed by atoms with E-state index in [1.807, 2.05) is 6.07 Å². The summed E-state index contributed by atoms with van der Waals surface area (Å²) in [5.74, 6) is -2.47. The predicted molar refractivity (Wildman–Crippen MR) is 172 cm³/mol. The first-order valence-electron chi connectivity index (χ1n) is 14.2. The highest BCUT2D eigenvalue weighted by molar-refractivity contribution is 9.10. The fourth-order valence-corrected chi connectivity index (χ4v) is 8.12. The molecule has 44 heavy (non-hydrogen) atoms. The number of ether oxygens (including phenoxy) is 2. The molecular formula is C30H40BrN3O8S2. The first-order valence-corrected chi connectivity index (χ1v) is 17.4. The molecule has 242 valence electrons. The molecule has 11 nitrogen and oxygen atoms in total. The lowest BCUT2D eigenvalue weighted by Crippen LogP contribution is -2.76. The van der Waals surface area contributed by atoms with Gasteiger partial charge in [-0.3, -0.25) is 19.0 Å². The second kappa shape index (κ2) is 14.7. The molecule has 2 saturated heterocycles.